The molecule has 0 bridgehead atoms. The maximum atomic E-state index is 12.2. The lowest BCUT2D eigenvalue weighted by atomic mass is 10.2. The number of benzene rings is 2. The Balaban J connectivity index is 2.02. The van der Waals surface area contributed by atoms with Gasteiger partial charge in [-0.05, 0) is 29.8 Å². The maximum absolute atomic E-state index is 12.2. The van der Waals surface area contributed by atoms with Gasteiger partial charge in [-0.25, -0.2) is 4.79 Å². The fourth-order valence-corrected chi connectivity index (χ4v) is 2.94. The van der Waals surface area contributed by atoms with Gasteiger partial charge in [0.1, 0.15) is 12.4 Å². The summed E-state index contributed by atoms with van der Waals surface area (Å²) in [6.45, 7) is 1.61. The number of hydrogen-bond acceptors (Lipinski definition) is 4. The first-order valence-electron chi connectivity index (χ1n) is 7.29. The molecule has 0 aromatic heterocycles. The van der Waals surface area contributed by atoms with Crippen LogP contribution in [-0.2, 0) is 22.1 Å². The second-order valence-electron chi connectivity index (χ2n) is 4.90. The van der Waals surface area contributed by atoms with Gasteiger partial charge in [0.15, 0.2) is 0 Å². The lowest BCUT2D eigenvalue weighted by molar-refractivity contribution is -0.274. The summed E-state index contributed by atoms with van der Waals surface area (Å²) in [5.74, 6) is -0.635. The summed E-state index contributed by atoms with van der Waals surface area (Å²) in [6, 6.07) is 11.4. The van der Waals surface area contributed by atoms with E-state index in [1.54, 1.807) is 25.1 Å². The van der Waals surface area contributed by atoms with Gasteiger partial charge in [-0.2, -0.15) is 0 Å². The molecule has 25 heavy (non-hydrogen) atoms. The molecule has 0 radical (unpaired) electrons. The standard InChI is InChI=1S/C17H15F3O4S/c1-2-25(22)15-6-4-3-5-14(15)16(21)23-11-12-7-9-13(10-8-12)24-17(18,19)20/h3-10H,2,11H2,1H3/t25-/m0/s1. The molecule has 0 saturated heterocycles. The molecule has 4 nitrogen and oxygen atoms in total. The van der Waals surface area contributed by atoms with Crippen LogP contribution >= 0.6 is 0 Å². The molecule has 0 saturated carbocycles. The van der Waals surface area contributed by atoms with Crippen molar-refractivity contribution in [2.24, 2.45) is 0 Å². The summed E-state index contributed by atoms with van der Waals surface area (Å²) in [7, 11) is -1.31. The molecule has 0 unspecified atom stereocenters. The molecule has 2 aromatic carbocycles. The minimum Gasteiger partial charge on any atom is -0.457 e. The topological polar surface area (TPSA) is 52.6 Å². The Morgan fingerprint density at radius 2 is 1.72 bits per heavy atom. The van der Waals surface area contributed by atoms with Gasteiger partial charge in [0, 0.05) is 5.75 Å². The average Bonchev–Trinajstić information content (AvgIpc) is 2.59. The summed E-state index contributed by atoms with van der Waals surface area (Å²) in [5.41, 5.74) is 0.705. The Labute approximate surface area is 145 Å². The van der Waals surface area contributed by atoms with Gasteiger partial charge in [0.25, 0.3) is 0 Å². The largest absolute Gasteiger partial charge is 0.573 e. The smallest absolute Gasteiger partial charge is 0.457 e. The van der Waals surface area contributed by atoms with Gasteiger partial charge in [-0.15, -0.1) is 13.2 Å². The van der Waals surface area contributed by atoms with Crippen molar-refractivity contribution in [3.63, 3.8) is 0 Å². The summed E-state index contributed by atoms with van der Waals surface area (Å²) in [6.07, 6.45) is -4.76. The molecule has 0 heterocycles. The van der Waals surface area contributed by atoms with Crippen molar-refractivity contribution in [3.05, 3.63) is 59.7 Å². The second kappa shape index (κ2) is 8.15. The molecule has 8 heteroatoms. The zero-order chi connectivity index (χ0) is 18.4. The molecular weight excluding hydrogens is 357 g/mol. The summed E-state index contributed by atoms with van der Waals surface area (Å²) < 4.78 is 57.2. The molecule has 0 aliphatic rings. The summed E-state index contributed by atoms with van der Waals surface area (Å²) in [5, 5.41) is 0. The molecule has 1 atom stereocenters. The first-order chi connectivity index (χ1) is 11.8. The van der Waals surface area contributed by atoms with E-state index in [2.05, 4.69) is 4.74 Å². The molecule has 0 aliphatic heterocycles. The van der Waals surface area contributed by atoms with Crippen LogP contribution in [0.1, 0.15) is 22.8 Å². The predicted octanol–water partition coefficient (Wildman–Crippen LogP) is 4.07. The van der Waals surface area contributed by atoms with Gasteiger partial charge in [0.05, 0.1) is 21.3 Å². The van der Waals surface area contributed by atoms with Gasteiger partial charge in [0.2, 0.25) is 0 Å². The molecule has 2 aromatic rings. The molecule has 0 amide bonds. The monoisotopic (exact) mass is 372 g/mol. The third-order valence-corrected chi connectivity index (χ3v) is 4.51. The van der Waals surface area contributed by atoms with Crippen molar-refractivity contribution >= 4 is 16.8 Å². The Kier molecular flexibility index (Phi) is 6.19. The van der Waals surface area contributed by atoms with Crippen molar-refractivity contribution in [1.29, 1.82) is 0 Å². The highest BCUT2D eigenvalue weighted by atomic mass is 32.2. The van der Waals surface area contributed by atoms with Crippen LogP contribution in [0.3, 0.4) is 0 Å². The zero-order valence-corrected chi connectivity index (χ0v) is 14.0. The third kappa shape index (κ3) is 5.60. The van der Waals surface area contributed by atoms with E-state index in [4.69, 9.17) is 4.74 Å². The number of alkyl halides is 3. The molecule has 0 fully saturated rings. The van der Waals surface area contributed by atoms with E-state index in [9.17, 15) is 22.2 Å². The van der Waals surface area contributed by atoms with Gasteiger partial charge in [-0.1, -0.05) is 31.2 Å². The normalized spacial score (nSPS) is 12.5. The average molecular weight is 372 g/mol. The van der Waals surface area contributed by atoms with E-state index in [1.165, 1.54) is 18.2 Å². The number of hydrogen-bond donors (Lipinski definition) is 0. The van der Waals surface area contributed by atoms with Gasteiger partial charge in [-0.3, -0.25) is 4.21 Å². The third-order valence-electron chi connectivity index (χ3n) is 3.14. The van der Waals surface area contributed by atoms with Crippen molar-refractivity contribution < 1.29 is 31.6 Å². The van der Waals surface area contributed by atoms with E-state index >= 15 is 0 Å². The first kappa shape index (κ1) is 19.0. The van der Waals surface area contributed by atoms with Crippen molar-refractivity contribution in [3.8, 4) is 5.75 Å². The highest BCUT2D eigenvalue weighted by Crippen LogP contribution is 2.23. The fourth-order valence-electron chi connectivity index (χ4n) is 2.00. The minimum atomic E-state index is -4.76. The molecule has 0 N–H and O–H groups in total. The van der Waals surface area contributed by atoms with Crippen LogP contribution in [0.2, 0.25) is 0 Å². The van der Waals surface area contributed by atoms with E-state index in [-0.39, 0.29) is 17.9 Å². The van der Waals surface area contributed by atoms with Crippen molar-refractivity contribution in [1.82, 2.24) is 0 Å². The Morgan fingerprint density at radius 1 is 1.08 bits per heavy atom. The lowest BCUT2D eigenvalue weighted by Gasteiger charge is -2.10. The number of esters is 1. The van der Waals surface area contributed by atoms with Crippen LogP contribution < -0.4 is 4.74 Å². The highest BCUT2D eigenvalue weighted by molar-refractivity contribution is 7.85. The van der Waals surface area contributed by atoms with Crippen LogP contribution in [0.4, 0.5) is 13.2 Å². The highest BCUT2D eigenvalue weighted by Gasteiger charge is 2.30. The molecule has 0 aliphatic carbocycles. The van der Waals surface area contributed by atoms with Gasteiger partial charge < -0.3 is 9.47 Å². The number of carbonyl (C=O) groups is 1. The first-order valence-corrected chi connectivity index (χ1v) is 8.61. The number of halogens is 3. The van der Waals surface area contributed by atoms with Crippen LogP contribution in [0, 0.1) is 0 Å². The number of ether oxygens (including phenoxy) is 2. The van der Waals surface area contributed by atoms with Crippen LogP contribution in [0.15, 0.2) is 53.4 Å². The van der Waals surface area contributed by atoms with E-state index < -0.39 is 23.1 Å². The quantitative estimate of drug-likeness (QED) is 0.718. The van der Waals surface area contributed by atoms with Crippen molar-refractivity contribution in [2.45, 2.75) is 24.8 Å². The minimum absolute atomic E-state index is 0.127. The van der Waals surface area contributed by atoms with E-state index in [0.717, 1.165) is 12.1 Å². The number of carbonyl (C=O) groups excluding carboxylic acids is 1. The van der Waals surface area contributed by atoms with E-state index in [1.807, 2.05) is 0 Å². The maximum Gasteiger partial charge on any atom is 0.573 e. The van der Waals surface area contributed by atoms with Crippen molar-refractivity contribution in [2.75, 3.05) is 5.75 Å². The Bertz CT molecular complexity index is 757. The molecule has 0 spiro atoms. The summed E-state index contributed by atoms with van der Waals surface area (Å²) >= 11 is 0. The van der Waals surface area contributed by atoms with Crippen LogP contribution in [0.5, 0.6) is 5.75 Å². The molecule has 134 valence electrons. The SMILES string of the molecule is CC[S@](=O)c1ccccc1C(=O)OCc1ccc(OC(F)(F)F)cc1. The number of rotatable bonds is 6. The van der Waals surface area contributed by atoms with Gasteiger partial charge >= 0.3 is 12.3 Å². The Hall–Kier alpha value is -2.35. The van der Waals surface area contributed by atoms with Crippen LogP contribution in [-0.4, -0.2) is 22.3 Å². The lowest BCUT2D eigenvalue weighted by Crippen LogP contribution is -2.17. The van der Waals surface area contributed by atoms with Crippen LogP contribution in [0.25, 0.3) is 0 Å². The molecule has 2 rings (SSSR count). The van der Waals surface area contributed by atoms with E-state index in [0.29, 0.717) is 16.2 Å². The predicted molar refractivity (Wildman–Crippen MR) is 85.6 cm³/mol. The fraction of sp³-hybridized carbons (Fsp3) is 0.235. The molecular formula is C17H15F3O4S. The summed E-state index contributed by atoms with van der Waals surface area (Å²) in [4.78, 5) is 12.6. The zero-order valence-electron chi connectivity index (χ0n) is 13.2. The second-order valence-corrected chi connectivity index (χ2v) is 6.61. The Morgan fingerprint density at radius 3 is 2.32 bits per heavy atom.